The summed E-state index contributed by atoms with van der Waals surface area (Å²) >= 11 is 0. The van der Waals surface area contributed by atoms with E-state index in [-0.39, 0.29) is 11.7 Å². The molecule has 32 heavy (non-hydrogen) atoms. The van der Waals surface area contributed by atoms with Crippen LogP contribution >= 0.6 is 0 Å². The molecule has 0 aromatic heterocycles. The highest BCUT2D eigenvalue weighted by Gasteiger charge is 2.73. The monoisotopic (exact) mass is 459 g/mol. The van der Waals surface area contributed by atoms with Gasteiger partial charge >= 0.3 is 6.09 Å². The summed E-state index contributed by atoms with van der Waals surface area (Å²) in [5.74, 6) is 0.162. The predicted octanol–water partition coefficient (Wildman–Crippen LogP) is 3.13. The molecule has 1 heterocycles. The lowest BCUT2D eigenvalue weighted by Crippen LogP contribution is -2.45. The highest BCUT2D eigenvalue weighted by molar-refractivity contribution is 7.92. The highest BCUT2D eigenvalue weighted by atomic mass is 32.2. The number of aryl methyl sites for hydroxylation is 1. The zero-order valence-corrected chi connectivity index (χ0v) is 19.1. The quantitative estimate of drug-likeness (QED) is 0.685. The van der Waals surface area contributed by atoms with E-state index in [1.54, 1.807) is 51.1 Å². The summed E-state index contributed by atoms with van der Waals surface area (Å²) in [6, 6.07) is 11.4. The Kier molecular flexibility index (Phi) is 5.20. The second kappa shape index (κ2) is 7.51. The zero-order valence-electron chi connectivity index (χ0n) is 18.2. The van der Waals surface area contributed by atoms with Gasteiger partial charge in [0.2, 0.25) is 6.79 Å². The number of carbonyl (C=O) groups excluding carboxylic acids is 2. The van der Waals surface area contributed by atoms with Gasteiger partial charge in [0.05, 0.1) is 4.90 Å². The molecule has 4 rings (SSSR count). The minimum atomic E-state index is -3.98. The number of hydrogen-bond donors (Lipinski definition) is 1. The van der Waals surface area contributed by atoms with Crippen LogP contribution in [0.5, 0.6) is 11.5 Å². The summed E-state index contributed by atoms with van der Waals surface area (Å²) in [7, 11) is -3.98. The van der Waals surface area contributed by atoms with E-state index in [1.165, 1.54) is 12.1 Å². The van der Waals surface area contributed by atoms with Gasteiger partial charge in [0.25, 0.3) is 0 Å². The van der Waals surface area contributed by atoms with E-state index in [1.807, 2.05) is 6.92 Å². The molecular formula is C23H25NO7S. The van der Waals surface area contributed by atoms with Crippen LogP contribution in [0.1, 0.15) is 37.8 Å². The molecule has 1 aliphatic carbocycles. The third-order valence-corrected chi connectivity index (χ3v) is 7.79. The Labute approximate surface area is 186 Å². The van der Waals surface area contributed by atoms with Crippen LogP contribution in [0.15, 0.2) is 47.4 Å². The van der Waals surface area contributed by atoms with E-state index < -0.39 is 38.2 Å². The average molecular weight is 460 g/mol. The molecule has 1 aliphatic heterocycles. The molecule has 170 valence electrons. The Morgan fingerprint density at radius 2 is 1.78 bits per heavy atom. The molecule has 2 aromatic carbocycles. The molecule has 8 nitrogen and oxygen atoms in total. The van der Waals surface area contributed by atoms with Gasteiger partial charge < -0.3 is 24.3 Å². The number of nitrogens with one attached hydrogen (secondary N) is 1. The van der Waals surface area contributed by atoms with Crippen LogP contribution in [0.2, 0.25) is 0 Å². The molecule has 2 aromatic rings. The number of fused-ring (bicyclic) bond motifs is 1. The standard InChI is InChI=1S/C23H25NO7S/c1-14-5-8-16(9-6-14)32(27,28)20-19(15-7-10-17-18(11-15)30-13-29-17)23(20,12-25)24-21(26)31-22(2,3)4/h5-12,19-20H,13H2,1-4H3,(H,24,26)/t19-,20+,23+/m0/s1. The molecule has 0 radical (unpaired) electrons. The van der Waals surface area contributed by atoms with E-state index in [4.69, 9.17) is 14.2 Å². The van der Waals surface area contributed by atoms with Gasteiger partial charge in [-0.3, -0.25) is 0 Å². The van der Waals surface area contributed by atoms with Crippen LogP contribution in [-0.2, 0) is 19.4 Å². The third-order valence-electron chi connectivity index (χ3n) is 5.53. The zero-order chi connectivity index (χ0) is 23.3. The third kappa shape index (κ3) is 3.81. The van der Waals surface area contributed by atoms with Crippen molar-refractivity contribution < 1.29 is 32.2 Å². The molecule has 1 fully saturated rings. The molecule has 2 aliphatic rings. The number of rotatable bonds is 5. The Bertz CT molecular complexity index is 1170. The van der Waals surface area contributed by atoms with Crippen LogP contribution in [0.4, 0.5) is 4.79 Å². The lowest BCUT2D eigenvalue weighted by Gasteiger charge is -2.22. The van der Waals surface area contributed by atoms with Crippen molar-refractivity contribution in [2.24, 2.45) is 0 Å². The Morgan fingerprint density at radius 1 is 1.12 bits per heavy atom. The normalized spacial score (nSPS) is 24.0. The van der Waals surface area contributed by atoms with Crippen molar-refractivity contribution in [3.63, 3.8) is 0 Å². The first-order valence-corrected chi connectivity index (χ1v) is 11.7. The van der Waals surface area contributed by atoms with Crippen LogP contribution in [0.3, 0.4) is 0 Å². The van der Waals surface area contributed by atoms with Gasteiger partial charge in [-0.15, -0.1) is 0 Å². The second-order valence-corrected chi connectivity index (χ2v) is 11.1. The Morgan fingerprint density at radius 3 is 2.41 bits per heavy atom. The van der Waals surface area contributed by atoms with E-state index in [2.05, 4.69) is 5.32 Å². The number of amides is 1. The topological polar surface area (TPSA) is 108 Å². The van der Waals surface area contributed by atoms with Crippen molar-refractivity contribution >= 4 is 22.2 Å². The summed E-state index contributed by atoms with van der Waals surface area (Å²) in [5.41, 5.74) is -1.05. The first-order chi connectivity index (χ1) is 15.0. The number of sulfone groups is 1. The molecule has 1 N–H and O–H groups in total. The molecule has 1 saturated carbocycles. The fourth-order valence-corrected chi connectivity index (χ4v) is 6.29. The number of benzene rings is 2. The van der Waals surface area contributed by atoms with Crippen LogP contribution in [0, 0.1) is 6.92 Å². The minimum absolute atomic E-state index is 0.0591. The lowest BCUT2D eigenvalue weighted by atomic mass is 10.1. The van der Waals surface area contributed by atoms with Crippen molar-refractivity contribution in [2.45, 2.75) is 54.9 Å². The van der Waals surface area contributed by atoms with Crippen LogP contribution < -0.4 is 14.8 Å². The van der Waals surface area contributed by atoms with E-state index in [0.717, 1.165) is 5.56 Å². The largest absolute Gasteiger partial charge is 0.454 e. The Hall–Kier alpha value is -3.07. The first-order valence-electron chi connectivity index (χ1n) is 10.2. The number of carbonyl (C=O) groups is 2. The van der Waals surface area contributed by atoms with Gasteiger partial charge in [0.1, 0.15) is 22.7 Å². The number of ether oxygens (including phenoxy) is 3. The van der Waals surface area contributed by atoms with Crippen molar-refractivity contribution in [3.05, 3.63) is 53.6 Å². The van der Waals surface area contributed by atoms with Crippen LogP contribution in [-0.4, -0.2) is 44.0 Å². The number of hydrogen-bond acceptors (Lipinski definition) is 7. The van der Waals surface area contributed by atoms with Gasteiger partial charge in [-0.2, -0.15) is 0 Å². The van der Waals surface area contributed by atoms with E-state index in [0.29, 0.717) is 23.3 Å². The maximum Gasteiger partial charge on any atom is 0.408 e. The van der Waals surface area contributed by atoms with Crippen molar-refractivity contribution in [3.8, 4) is 11.5 Å². The van der Waals surface area contributed by atoms with Gasteiger partial charge in [-0.1, -0.05) is 23.8 Å². The molecule has 3 atom stereocenters. The van der Waals surface area contributed by atoms with Gasteiger partial charge in [0, 0.05) is 5.92 Å². The summed E-state index contributed by atoms with van der Waals surface area (Å²) < 4.78 is 43.2. The molecule has 0 spiro atoms. The van der Waals surface area contributed by atoms with Crippen molar-refractivity contribution in [1.29, 1.82) is 0 Å². The summed E-state index contributed by atoms with van der Waals surface area (Å²) in [5, 5.41) is 1.34. The van der Waals surface area contributed by atoms with Crippen molar-refractivity contribution in [2.75, 3.05) is 6.79 Å². The van der Waals surface area contributed by atoms with Crippen molar-refractivity contribution in [1.82, 2.24) is 5.32 Å². The lowest BCUT2D eigenvalue weighted by molar-refractivity contribution is -0.110. The molecule has 0 unspecified atom stereocenters. The highest BCUT2D eigenvalue weighted by Crippen LogP contribution is 2.57. The summed E-state index contributed by atoms with van der Waals surface area (Å²) in [6.07, 6.45) is -0.375. The number of alkyl carbamates (subject to hydrolysis) is 1. The Balaban J connectivity index is 1.76. The smallest absolute Gasteiger partial charge is 0.408 e. The predicted molar refractivity (Wildman–Crippen MR) is 116 cm³/mol. The second-order valence-electron chi connectivity index (χ2n) is 9.05. The summed E-state index contributed by atoms with van der Waals surface area (Å²) in [4.78, 5) is 25.0. The van der Waals surface area contributed by atoms with E-state index in [9.17, 15) is 18.0 Å². The summed E-state index contributed by atoms with van der Waals surface area (Å²) in [6.45, 7) is 6.96. The van der Waals surface area contributed by atoms with E-state index >= 15 is 0 Å². The molecule has 0 saturated heterocycles. The fraction of sp³-hybridized carbons (Fsp3) is 0.391. The van der Waals surface area contributed by atoms with Gasteiger partial charge in [0.15, 0.2) is 21.3 Å². The van der Waals surface area contributed by atoms with Gasteiger partial charge in [-0.25, -0.2) is 13.2 Å². The molecule has 0 bridgehead atoms. The molecular weight excluding hydrogens is 434 g/mol. The minimum Gasteiger partial charge on any atom is -0.454 e. The average Bonchev–Trinajstić information content (AvgIpc) is 3.13. The maximum atomic E-state index is 13.6. The number of aldehydes is 1. The van der Waals surface area contributed by atoms with Crippen LogP contribution in [0.25, 0.3) is 0 Å². The van der Waals surface area contributed by atoms with Gasteiger partial charge in [-0.05, 0) is 57.5 Å². The SMILES string of the molecule is Cc1ccc(S(=O)(=O)[C@@H]2[C@H](c3ccc4c(c3)OCO4)[C@@]2(C=O)NC(=O)OC(C)(C)C)cc1. The maximum absolute atomic E-state index is 13.6. The fourth-order valence-electron chi connectivity index (χ4n) is 4.04. The molecule has 9 heteroatoms. The first kappa shape index (κ1) is 22.1. The molecule has 1 amide bonds.